The molecule has 0 saturated carbocycles. The van der Waals surface area contributed by atoms with Gasteiger partial charge in [0.05, 0.1) is 17.8 Å². The molecule has 2 aromatic rings. The highest BCUT2D eigenvalue weighted by atomic mass is 32.1. The van der Waals surface area contributed by atoms with Gasteiger partial charge in [0.25, 0.3) is 0 Å². The monoisotopic (exact) mass is 382 g/mol. The molecule has 6 nitrogen and oxygen atoms in total. The van der Waals surface area contributed by atoms with E-state index < -0.39 is 0 Å². The van der Waals surface area contributed by atoms with Crippen LogP contribution in [0.15, 0.2) is 41.5 Å². The van der Waals surface area contributed by atoms with Crippen LogP contribution >= 0.6 is 11.3 Å². The lowest BCUT2D eigenvalue weighted by atomic mass is 10.2. The molecular formula is C20H22N4O2S. The van der Waals surface area contributed by atoms with Crippen LogP contribution in [-0.2, 0) is 4.79 Å². The van der Waals surface area contributed by atoms with Crippen molar-refractivity contribution in [1.29, 1.82) is 5.41 Å². The number of aromatic nitrogens is 1. The van der Waals surface area contributed by atoms with Gasteiger partial charge in [0, 0.05) is 37.0 Å². The molecule has 3 heterocycles. The second-order valence-corrected chi connectivity index (χ2v) is 7.69. The molecule has 2 aliphatic rings. The highest BCUT2D eigenvalue weighted by Crippen LogP contribution is 2.32. The van der Waals surface area contributed by atoms with Gasteiger partial charge in [0.15, 0.2) is 0 Å². The Hall–Kier alpha value is -2.67. The number of aliphatic hydroxyl groups excluding tert-OH is 1. The molecule has 2 N–H and O–H groups in total. The molecule has 0 atom stereocenters. The molecule has 4 rings (SSSR count). The van der Waals surface area contributed by atoms with E-state index in [0.29, 0.717) is 42.5 Å². The maximum absolute atomic E-state index is 11.7. The van der Waals surface area contributed by atoms with Crippen molar-refractivity contribution in [1.82, 2.24) is 14.8 Å². The van der Waals surface area contributed by atoms with Crippen molar-refractivity contribution in [3.8, 4) is 11.3 Å². The van der Waals surface area contributed by atoms with Crippen molar-refractivity contribution in [3.05, 3.63) is 46.5 Å². The van der Waals surface area contributed by atoms with Crippen molar-refractivity contribution in [2.45, 2.75) is 19.3 Å². The molecule has 0 bridgehead atoms. The summed E-state index contributed by atoms with van der Waals surface area (Å²) in [5.74, 6) is 0.741. The molecule has 7 heteroatoms. The SMILES string of the molecule is N=C1C(c2nc(-c3ccccc3)cs2)=C(O)CN1CCCN1CCCC1=O. The fourth-order valence-electron chi connectivity index (χ4n) is 3.57. The van der Waals surface area contributed by atoms with Crippen LogP contribution < -0.4 is 0 Å². The Kier molecular flexibility index (Phi) is 4.94. The molecule has 0 unspecified atom stereocenters. The second-order valence-electron chi connectivity index (χ2n) is 6.83. The summed E-state index contributed by atoms with van der Waals surface area (Å²) in [6, 6.07) is 9.90. The van der Waals surface area contributed by atoms with Crippen LogP contribution in [-0.4, -0.2) is 57.8 Å². The van der Waals surface area contributed by atoms with Gasteiger partial charge in [-0.25, -0.2) is 4.98 Å². The zero-order valence-electron chi connectivity index (χ0n) is 15.0. The number of benzene rings is 1. The number of aliphatic hydroxyl groups is 1. The predicted molar refractivity (Wildman–Crippen MR) is 107 cm³/mol. The zero-order valence-corrected chi connectivity index (χ0v) is 15.8. The maximum Gasteiger partial charge on any atom is 0.222 e. The minimum Gasteiger partial charge on any atom is -0.510 e. The van der Waals surface area contributed by atoms with E-state index in [1.165, 1.54) is 11.3 Å². The van der Waals surface area contributed by atoms with Crippen molar-refractivity contribution in [3.63, 3.8) is 0 Å². The first-order valence-corrected chi connectivity index (χ1v) is 10.1. The molecule has 140 valence electrons. The Balaban J connectivity index is 1.40. The average molecular weight is 382 g/mol. The Bertz CT molecular complexity index is 890. The Morgan fingerprint density at radius 3 is 2.70 bits per heavy atom. The number of carbonyl (C=O) groups excluding carboxylic acids is 1. The van der Waals surface area contributed by atoms with E-state index in [1.807, 2.05) is 45.5 Å². The number of carbonyl (C=O) groups is 1. The Labute approximate surface area is 162 Å². The summed E-state index contributed by atoms with van der Waals surface area (Å²) in [5, 5.41) is 21.5. The molecule has 1 saturated heterocycles. The summed E-state index contributed by atoms with van der Waals surface area (Å²) in [4.78, 5) is 20.1. The molecular weight excluding hydrogens is 360 g/mol. The predicted octanol–water partition coefficient (Wildman–Crippen LogP) is 3.38. The summed E-state index contributed by atoms with van der Waals surface area (Å²) in [6.45, 7) is 2.54. The molecule has 1 amide bonds. The highest BCUT2D eigenvalue weighted by molar-refractivity contribution is 7.11. The van der Waals surface area contributed by atoms with Gasteiger partial charge in [-0.2, -0.15) is 0 Å². The number of thiazole rings is 1. The topological polar surface area (TPSA) is 80.5 Å². The lowest BCUT2D eigenvalue weighted by Crippen LogP contribution is -2.32. The van der Waals surface area contributed by atoms with Gasteiger partial charge >= 0.3 is 0 Å². The van der Waals surface area contributed by atoms with E-state index in [1.54, 1.807) is 0 Å². The number of nitrogens with zero attached hydrogens (tertiary/aromatic N) is 3. The largest absolute Gasteiger partial charge is 0.510 e. The van der Waals surface area contributed by atoms with Gasteiger partial charge in [-0.15, -0.1) is 11.3 Å². The van der Waals surface area contributed by atoms with E-state index >= 15 is 0 Å². The zero-order chi connectivity index (χ0) is 18.8. The van der Waals surface area contributed by atoms with E-state index in [0.717, 1.165) is 30.6 Å². The Morgan fingerprint density at radius 1 is 1.19 bits per heavy atom. The highest BCUT2D eigenvalue weighted by Gasteiger charge is 2.30. The first-order chi connectivity index (χ1) is 13.1. The number of nitrogens with one attached hydrogen (secondary N) is 1. The van der Waals surface area contributed by atoms with Gasteiger partial charge in [-0.3, -0.25) is 10.2 Å². The van der Waals surface area contributed by atoms with Gasteiger partial charge in [0.2, 0.25) is 5.91 Å². The summed E-state index contributed by atoms with van der Waals surface area (Å²) < 4.78 is 0. The molecule has 0 radical (unpaired) electrons. The number of hydrogen-bond acceptors (Lipinski definition) is 5. The van der Waals surface area contributed by atoms with Gasteiger partial charge in [-0.1, -0.05) is 30.3 Å². The maximum atomic E-state index is 11.7. The van der Waals surface area contributed by atoms with E-state index in [4.69, 9.17) is 5.41 Å². The number of amidine groups is 1. The van der Waals surface area contributed by atoms with Crippen LogP contribution in [0.25, 0.3) is 16.8 Å². The average Bonchev–Trinajstić information content (AvgIpc) is 3.37. The molecule has 27 heavy (non-hydrogen) atoms. The summed E-state index contributed by atoms with van der Waals surface area (Å²) >= 11 is 1.45. The lowest BCUT2D eigenvalue weighted by Gasteiger charge is -2.21. The summed E-state index contributed by atoms with van der Waals surface area (Å²) in [7, 11) is 0. The molecule has 1 fully saturated rings. The molecule has 1 aromatic heterocycles. The number of rotatable bonds is 6. The van der Waals surface area contributed by atoms with Crippen molar-refractivity contribution < 1.29 is 9.90 Å². The fourth-order valence-corrected chi connectivity index (χ4v) is 4.47. The van der Waals surface area contributed by atoms with E-state index in [-0.39, 0.29) is 11.7 Å². The van der Waals surface area contributed by atoms with Crippen molar-refractivity contribution in [2.75, 3.05) is 26.2 Å². The van der Waals surface area contributed by atoms with Crippen LogP contribution in [0.2, 0.25) is 0 Å². The quantitative estimate of drug-likeness (QED) is 0.803. The smallest absolute Gasteiger partial charge is 0.222 e. The van der Waals surface area contributed by atoms with Crippen LogP contribution in [0.4, 0.5) is 0 Å². The van der Waals surface area contributed by atoms with Crippen LogP contribution in [0.1, 0.15) is 24.3 Å². The van der Waals surface area contributed by atoms with Crippen LogP contribution in [0.5, 0.6) is 0 Å². The van der Waals surface area contributed by atoms with Crippen molar-refractivity contribution in [2.24, 2.45) is 0 Å². The lowest BCUT2D eigenvalue weighted by molar-refractivity contribution is -0.127. The standard InChI is InChI=1S/C20H22N4O2S/c21-19-18(20-22-15(13-27-20)14-6-2-1-3-7-14)16(25)12-24(19)11-5-10-23-9-4-8-17(23)26/h1-3,6-7,13,21,25H,4-5,8-12H2. The third-order valence-electron chi connectivity index (χ3n) is 5.00. The number of amides is 1. The first kappa shape index (κ1) is 17.7. The first-order valence-electron chi connectivity index (χ1n) is 9.18. The minimum absolute atomic E-state index is 0.200. The van der Waals surface area contributed by atoms with Gasteiger partial charge in [0.1, 0.15) is 16.6 Å². The third kappa shape index (κ3) is 3.60. The van der Waals surface area contributed by atoms with Crippen LogP contribution in [0, 0.1) is 5.41 Å². The molecule has 0 spiro atoms. The Morgan fingerprint density at radius 2 is 1.96 bits per heavy atom. The molecule has 1 aromatic carbocycles. The molecule has 0 aliphatic carbocycles. The van der Waals surface area contributed by atoms with Crippen LogP contribution in [0.3, 0.4) is 0 Å². The number of hydrogen-bond donors (Lipinski definition) is 2. The minimum atomic E-state index is 0.200. The molecule has 2 aliphatic heterocycles. The van der Waals surface area contributed by atoms with E-state index in [2.05, 4.69) is 4.98 Å². The summed E-state index contributed by atoms with van der Waals surface area (Å²) in [5.41, 5.74) is 2.41. The number of likely N-dealkylation sites (tertiary alicyclic amines) is 1. The van der Waals surface area contributed by atoms with Crippen molar-refractivity contribution >= 4 is 28.7 Å². The van der Waals surface area contributed by atoms with Gasteiger partial charge in [-0.05, 0) is 12.8 Å². The van der Waals surface area contributed by atoms with E-state index in [9.17, 15) is 9.90 Å². The third-order valence-corrected chi connectivity index (χ3v) is 5.86. The van der Waals surface area contributed by atoms with Gasteiger partial charge < -0.3 is 14.9 Å². The normalized spacial score (nSPS) is 17.5. The fraction of sp³-hybridized carbons (Fsp3) is 0.350. The second kappa shape index (κ2) is 7.52. The summed E-state index contributed by atoms with van der Waals surface area (Å²) in [6.07, 6.45) is 2.39.